The molecule has 1 saturated carbocycles. The number of rotatable bonds is 4. The molecule has 0 aromatic carbocycles. The Morgan fingerprint density at radius 2 is 1.93 bits per heavy atom. The third-order valence-electron chi connectivity index (χ3n) is 2.75. The predicted octanol–water partition coefficient (Wildman–Crippen LogP) is 0.392. The standard InChI is InChI=1S/C10H17NO4/c1-11-9(12)6-15-8-4-2-7(3-5-8)10(13)14/h7-8H,2-6H2,1H3,(H,11,12)(H,13,14). The fraction of sp³-hybridized carbons (Fsp3) is 0.800. The highest BCUT2D eigenvalue weighted by atomic mass is 16.5. The largest absolute Gasteiger partial charge is 0.481 e. The van der Waals surface area contributed by atoms with E-state index < -0.39 is 5.97 Å². The molecule has 0 aliphatic heterocycles. The molecule has 0 spiro atoms. The smallest absolute Gasteiger partial charge is 0.306 e. The minimum absolute atomic E-state index is 0.0397. The average molecular weight is 215 g/mol. The van der Waals surface area contributed by atoms with Crippen LogP contribution in [0.2, 0.25) is 0 Å². The molecule has 0 bridgehead atoms. The van der Waals surface area contributed by atoms with Crippen LogP contribution in [0.25, 0.3) is 0 Å². The van der Waals surface area contributed by atoms with Crippen LogP contribution in [0, 0.1) is 5.92 Å². The number of likely N-dealkylation sites (N-methyl/N-ethyl adjacent to an activating group) is 1. The summed E-state index contributed by atoms with van der Waals surface area (Å²) in [4.78, 5) is 21.6. The van der Waals surface area contributed by atoms with Crippen molar-refractivity contribution in [1.82, 2.24) is 5.32 Å². The van der Waals surface area contributed by atoms with E-state index in [1.807, 2.05) is 0 Å². The molecule has 86 valence electrons. The number of carboxylic acids is 1. The lowest BCUT2D eigenvalue weighted by atomic mass is 9.87. The van der Waals surface area contributed by atoms with Crippen molar-refractivity contribution in [3.63, 3.8) is 0 Å². The zero-order chi connectivity index (χ0) is 11.3. The fourth-order valence-electron chi connectivity index (χ4n) is 1.74. The maximum atomic E-state index is 10.9. The molecular weight excluding hydrogens is 198 g/mol. The summed E-state index contributed by atoms with van der Waals surface area (Å²) < 4.78 is 5.36. The molecule has 5 nitrogen and oxygen atoms in total. The molecule has 1 aliphatic rings. The van der Waals surface area contributed by atoms with Crippen molar-refractivity contribution in [3.05, 3.63) is 0 Å². The van der Waals surface area contributed by atoms with Gasteiger partial charge in [-0.1, -0.05) is 0 Å². The van der Waals surface area contributed by atoms with Crippen LogP contribution in [-0.2, 0) is 14.3 Å². The van der Waals surface area contributed by atoms with E-state index in [-0.39, 0.29) is 24.5 Å². The highest BCUT2D eigenvalue weighted by Crippen LogP contribution is 2.26. The van der Waals surface area contributed by atoms with Crippen molar-refractivity contribution < 1.29 is 19.4 Å². The monoisotopic (exact) mass is 215 g/mol. The molecule has 2 N–H and O–H groups in total. The Kier molecular flexibility index (Phi) is 4.55. The molecule has 0 atom stereocenters. The Hall–Kier alpha value is -1.10. The second-order valence-corrected chi connectivity index (χ2v) is 3.80. The molecule has 15 heavy (non-hydrogen) atoms. The van der Waals surface area contributed by atoms with Gasteiger partial charge in [-0.3, -0.25) is 9.59 Å². The minimum Gasteiger partial charge on any atom is -0.481 e. The molecule has 5 heteroatoms. The Morgan fingerprint density at radius 3 is 2.40 bits per heavy atom. The second kappa shape index (κ2) is 5.70. The molecule has 0 aromatic heterocycles. The Morgan fingerprint density at radius 1 is 1.33 bits per heavy atom. The molecule has 0 saturated heterocycles. The number of carbonyl (C=O) groups excluding carboxylic acids is 1. The van der Waals surface area contributed by atoms with Crippen molar-refractivity contribution in [2.75, 3.05) is 13.7 Å². The van der Waals surface area contributed by atoms with Gasteiger partial charge in [-0.15, -0.1) is 0 Å². The third-order valence-corrected chi connectivity index (χ3v) is 2.75. The number of hydrogen-bond donors (Lipinski definition) is 2. The molecule has 1 aliphatic carbocycles. The quantitative estimate of drug-likeness (QED) is 0.711. The minimum atomic E-state index is -0.722. The summed E-state index contributed by atoms with van der Waals surface area (Å²) in [5.41, 5.74) is 0. The first kappa shape index (κ1) is 12.0. The third kappa shape index (κ3) is 3.87. The molecule has 0 radical (unpaired) electrons. The summed E-state index contributed by atoms with van der Waals surface area (Å²) in [7, 11) is 1.56. The highest BCUT2D eigenvalue weighted by Gasteiger charge is 2.26. The van der Waals surface area contributed by atoms with Gasteiger partial charge in [0.1, 0.15) is 6.61 Å². The molecule has 1 rings (SSSR count). The maximum Gasteiger partial charge on any atom is 0.306 e. The van der Waals surface area contributed by atoms with Gasteiger partial charge in [0.05, 0.1) is 12.0 Å². The number of nitrogens with one attached hydrogen (secondary N) is 1. The molecular formula is C10H17NO4. The van der Waals surface area contributed by atoms with Crippen molar-refractivity contribution in [1.29, 1.82) is 0 Å². The summed E-state index contributed by atoms with van der Waals surface area (Å²) in [6.07, 6.45) is 2.79. The SMILES string of the molecule is CNC(=O)COC1CCC(C(=O)O)CC1. The first-order valence-electron chi connectivity index (χ1n) is 5.18. The number of carboxylic acid groups (broad SMARTS) is 1. The van der Waals surface area contributed by atoms with E-state index in [0.29, 0.717) is 12.8 Å². The van der Waals surface area contributed by atoms with Gasteiger partial charge in [-0.25, -0.2) is 0 Å². The summed E-state index contributed by atoms with van der Waals surface area (Å²) >= 11 is 0. The predicted molar refractivity (Wildman–Crippen MR) is 53.4 cm³/mol. The van der Waals surface area contributed by atoms with Crippen LogP contribution in [0.5, 0.6) is 0 Å². The van der Waals surface area contributed by atoms with Gasteiger partial charge in [0.25, 0.3) is 0 Å². The van der Waals surface area contributed by atoms with Crippen LogP contribution >= 0.6 is 0 Å². The van der Waals surface area contributed by atoms with Gasteiger partial charge in [0, 0.05) is 7.05 Å². The van der Waals surface area contributed by atoms with Crippen LogP contribution in [0.3, 0.4) is 0 Å². The number of amides is 1. The molecule has 0 unspecified atom stereocenters. The van der Waals surface area contributed by atoms with Crippen molar-refractivity contribution in [3.8, 4) is 0 Å². The van der Waals surface area contributed by atoms with E-state index in [2.05, 4.69) is 5.32 Å². The maximum absolute atomic E-state index is 10.9. The second-order valence-electron chi connectivity index (χ2n) is 3.80. The highest BCUT2D eigenvalue weighted by molar-refractivity contribution is 5.76. The topological polar surface area (TPSA) is 75.6 Å². The lowest BCUT2D eigenvalue weighted by Gasteiger charge is -2.25. The van der Waals surface area contributed by atoms with Gasteiger partial charge in [-0.2, -0.15) is 0 Å². The Labute approximate surface area is 88.8 Å². The zero-order valence-corrected chi connectivity index (χ0v) is 8.86. The lowest BCUT2D eigenvalue weighted by molar-refractivity contribution is -0.144. The van der Waals surface area contributed by atoms with Crippen molar-refractivity contribution >= 4 is 11.9 Å². The van der Waals surface area contributed by atoms with Crippen LogP contribution in [0.15, 0.2) is 0 Å². The fourth-order valence-corrected chi connectivity index (χ4v) is 1.74. The number of carbonyl (C=O) groups is 2. The first-order valence-corrected chi connectivity index (χ1v) is 5.18. The molecule has 0 aromatic rings. The summed E-state index contributed by atoms with van der Waals surface area (Å²) in [5.74, 6) is -1.10. The lowest BCUT2D eigenvalue weighted by Crippen LogP contribution is -2.30. The van der Waals surface area contributed by atoms with Gasteiger partial charge >= 0.3 is 5.97 Å². The molecule has 1 amide bonds. The summed E-state index contributed by atoms with van der Waals surface area (Å²) in [5, 5.41) is 11.2. The molecule has 0 heterocycles. The van der Waals surface area contributed by atoms with Crippen LogP contribution in [0.4, 0.5) is 0 Å². The summed E-state index contributed by atoms with van der Waals surface area (Å²) in [6, 6.07) is 0. The Bertz CT molecular complexity index is 234. The van der Waals surface area contributed by atoms with E-state index in [1.165, 1.54) is 0 Å². The van der Waals surface area contributed by atoms with E-state index >= 15 is 0 Å². The van der Waals surface area contributed by atoms with Crippen molar-refractivity contribution in [2.45, 2.75) is 31.8 Å². The number of ether oxygens (including phenoxy) is 1. The van der Waals surface area contributed by atoms with Gasteiger partial charge in [-0.05, 0) is 25.7 Å². The van der Waals surface area contributed by atoms with Gasteiger partial charge in [0.2, 0.25) is 5.91 Å². The van der Waals surface area contributed by atoms with Crippen LogP contribution < -0.4 is 5.32 Å². The first-order chi connectivity index (χ1) is 7.13. The van der Waals surface area contributed by atoms with Crippen LogP contribution in [-0.4, -0.2) is 36.7 Å². The van der Waals surface area contributed by atoms with Gasteiger partial charge in [0.15, 0.2) is 0 Å². The zero-order valence-electron chi connectivity index (χ0n) is 8.86. The van der Waals surface area contributed by atoms with Gasteiger partial charge < -0.3 is 15.2 Å². The van der Waals surface area contributed by atoms with E-state index in [9.17, 15) is 9.59 Å². The van der Waals surface area contributed by atoms with Crippen LogP contribution in [0.1, 0.15) is 25.7 Å². The Balaban J connectivity index is 2.20. The normalized spacial score (nSPS) is 25.9. The summed E-state index contributed by atoms with van der Waals surface area (Å²) in [6.45, 7) is 0.0684. The van der Waals surface area contributed by atoms with E-state index in [4.69, 9.17) is 9.84 Å². The van der Waals surface area contributed by atoms with E-state index in [1.54, 1.807) is 7.05 Å². The van der Waals surface area contributed by atoms with Crippen molar-refractivity contribution in [2.24, 2.45) is 5.92 Å². The molecule has 1 fully saturated rings. The van der Waals surface area contributed by atoms with E-state index in [0.717, 1.165) is 12.8 Å². The number of aliphatic carboxylic acids is 1. The number of hydrogen-bond acceptors (Lipinski definition) is 3. The average Bonchev–Trinajstić information content (AvgIpc) is 2.26.